The van der Waals surface area contributed by atoms with Gasteiger partial charge >= 0.3 is 0 Å². The van der Waals surface area contributed by atoms with Gasteiger partial charge < -0.3 is 0 Å². The second-order valence-corrected chi connectivity index (χ2v) is 4.48. The van der Waals surface area contributed by atoms with Gasteiger partial charge in [0.1, 0.15) is 0 Å². The summed E-state index contributed by atoms with van der Waals surface area (Å²) >= 11 is 0. The quantitative estimate of drug-likeness (QED) is 0.651. The number of ketones is 2. The van der Waals surface area contributed by atoms with Gasteiger partial charge in [-0.3, -0.25) is 9.59 Å². The van der Waals surface area contributed by atoms with Crippen LogP contribution >= 0.6 is 0 Å². The van der Waals surface area contributed by atoms with Crippen molar-refractivity contribution < 1.29 is 9.59 Å². The highest BCUT2D eigenvalue weighted by molar-refractivity contribution is 6.25. The molecule has 3 rings (SSSR count). The first kappa shape index (κ1) is 12.5. The molecule has 0 bridgehead atoms. The maximum Gasteiger partial charge on any atom is 0.171 e. The van der Waals surface area contributed by atoms with Crippen molar-refractivity contribution in [3.63, 3.8) is 0 Å². The average Bonchev–Trinajstić information content (AvgIpc) is 2.63. The van der Waals surface area contributed by atoms with Crippen molar-refractivity contribution in [3.8, 4) is 0 Å². The SMILES string of the molecule is CCC.O=C1CC(=O)c2cc3ccccc3cc21. The Morgan fingerprint density at radius 2 is 1.28 bits per heavy atom. The van der Waals surface area contributed by atoms with Gasteiger partial charge in [-0.1, -0.05) is 44.5 Å². The molecular weight excluding hydrogens is 224 g/mol. The van der Waals surface area contributed by atoms with Crippen molar-refractivity contribution in [3.05, 3.63) is 47.5 Å². The maximum absolute atomic E-state index is 11.5. The molecule has 0 atom stereocenters. The van der Waals surface area contributed by atoms with Gasteiger partial charge in [0, 0.05) is 11.1 Å². The Kier molecular flexibility index (Phi) is 3.56. The number of hydrogen-bond acceptors (Lipinski definition) is 2. The molecule has 1 aliphatic carbocycles. The normalized spacial score (nSPS) is 13.2. The lowest BCUT2D eigenvalue weighted by Gasteiger charge is -2.00. The van der Waals surface area contributed by atoms with E-state index in [2.05, 4.69) is 13.8 Å². The molecule has 0 spiro atoms. The molecule has 2 aromatic carbocycles. The molecule has 0 saturated carbocycles. The van der Waals surface area contributed by atoms with E-state index in [-0.39, 0.29) is 18.0 Å². The molecule has 0 amide bonds. The Morgan fingerprint density at radius 3 is 1.67 bits per heavy atom. The second-order valence-electron chi connectivity index (χ2n) is 4.48. The highest BCUT2D eigenvalue weighted by Crippen LogP contribution is 2.27. The number of hydrogen-bond donors (Lipinski definition) is 0. The Balaban J connectivity index is 0.000000367. The lowest BCUT2D eigenvalue weighted by atomic mass is 10.0. The summed E-state index contributed by atoms with van der Waals surface area (Å²) in [5, 5.41) is 2.03. The predicted octanol–water partition coefficient (Wildman–Crippen LogP) is 4.03. The van der Waals surface area contributed by atoms with Crippen LogP contribution in [-0.2, 0) is 0 Å². The van der Waals surface area contributed by atoms with Crippen LogP contribution in [0.3, 0.4) is 0 Å². The van der Waals surface area contributed by atoms with E-state index in [1.54, 1.807) is 0 Å². The summed E-state index contributed by atoms with van der Waals surface area (Å²) in [7, 11) is 0. The topological polar surface area (TPSA) is 34.1 Å². The smallest absolute Gasteiger partial charge is 0.171 e. The van der Waals surface area contributed by atoms with Gasteiger partial charge in [-0.05, 0) is 22.9 Å². The second kappa shape index (κ2) is 5.13. The molecule has 0 aliphatic heterocycles. The molecule has 0 unspecified atom stereocenters. The fourth-order valence-corrected chi connectivity index (χ4v) is 2.04. The molecule has 18 heavy (non-hydrogen) atoms. The standard InChI is InChI=1S/C13H8O2.C3H8/c14-12-7-13(15)11-6-9-4-2-1-3-8(9)5-10(11)12;1-3-2/h1-6H,7H2;3H2,1-2H3. The van der Waals surface area contributed by atoms with Gasteiger partial charge in [-0.15, -0.1) is 0 Å². The minimum absolute atomic E-state index is 0.0334. The van der Waals surface area contributed by atoms with Gasteiger partial charge in [0.15, 0.2) is 11.6 Å². The lowest BCUT2D eigenvalue weighted by Crippen LogP contribution is -1.90. The molecule has 0 radical (unpaired) electrons. The summed E-state index contributed by atoms with van der Waals surface area (Å²) in [4.78, 5) is 23.0. The van der Waals surface area contributed by atoms with E-state index in [0.29, 0.717) is 11.1 Å². The Morgan fingerprint density at radius 1 is 0.889 bits per heavy atom. The molecule has 2 nitrogen and oxygen atoms in total. The Hall–Kier alpha value is -1.96. The fraction of sp³-hybridized carbons (Fsp3) is 0.250. The number of fused-ring (bicyclic) bond motifs is 2. The largest absolute Gasteiger partial charge is 0.294 e. The molecule has 0 saturated heterocycles. The third-order valence-electron chi connectivity index (χ3n) is 2.81. The lowest BCUT2D eigenvalue weighted by molar-refractivity contribution is 0.0923. The third-order valence-corrected chi connectivity index (χ3v) is 2.81. The van der Waals surface area contributed by atoms with Crippen molar-refractivity contribution in [1.29, 1.82) is 0 Å². The summed E-state index contributed by atoms with van der Waals surface area (Å²) < 4.78 is 0. The summed E-state index contributed by atoms with van der Waals surface area (Å²) in [6, 6.07) is 11.4. The van der Waals surface area contributed by atoms with Crippen molar-refractivity contribution in [2.75, 3.05) is 0 Å². The molecule has 1 aliphatic rings. The molecule has 0 aromatic heterocycles. The first-order valence-corrected chi connectivity index (χ1v) is 6.26. The molecule has 92 valence electrons. The molecule has 0 heterocycles. The highest BCUT2D eigenvalue weighted by atomic mass is 16.2. The van der Waals surface area contributed by atoms with Crippen LogP contribution in [-0.4, -0.2) is 11.6 Å². The zero-order valence-corrected chi connectivity index (χ0v) is 10.7. The van der Waals surface area contributed by atoms with E-state index in [1.807, 2.05) is 36.4 Å². The van der Waals surface area contributed by atoms with Crippen LogP contribution in [0.5, 0.6) is 0 Å². The monoisotopic (exact) mass is 240 g/mol. The first-order valence-electron chi connectivity index (χ1n) is 6.26. The van der Waals surface area contributed by atoms with Crippen LogP contribution < -0.4 is 0 Å². The minimum Gasteiger partial charge on any atom is -0.294 e. The average molecular weight is 240 g/mol. The summed E-state index contributed by atoms with van der Waals surface area (Å²) in [6.45, 7) is 4.25. The van der Waals surface area contributed by atoms with Crippen LogP contribution in [0, 0.1) is 0 Å². The van der Waals surface area contributed by atoms with Gasteiger partial charge in [-0.2, -0.15) is 0 Å². The Labute approximate surface area is 107 Å². The van der Waals surface area contributed by atoms with Gasteiger partial charge in [-0.25, -0.2) is 0 Å². The molecular formula is C16H16O2. The molecule has 0 N–H and O–H groups in total. The number of carbonyl (C=O) groups is 2. The van der Waals surface area contributed by atoms with Crippen LogP contribution in [0.25, 0.3) is 10.8 Å². The van der Waals surface area contributed by atoms with Crippen molar-refractivity contribution in [2.45, 2.75) is 26.7 Å². The maximum atomic E-state index is 11.5. The molecule has 2 heteroatoms. The van der Waals surface area contributed by atoms with Crippen LogP contribution in [0.1, 0.15) is 47.4 Å². The minimum atomic E-state index is -0.0549. The zero-order chi connectivity index (χ0) is 13.1. The zero-order valence-electron chi connectivity index (χ0n) is 10.7. The summed E-state index contributed by atoms with van der Waals surface area (Å²) in [6.07, 6.45) is 1.28. The van der Waals surface area contributed by atoms with Gasteiger partial charge in [0.25, 0.3) is 0 Å². The molecule has 2 aromatic rings. The van der Waals surface area contributed by atoms with Crippen molar-refractivity contribution in [1.82, 2.24) is 0 Å². The highest BCUT2D eigenvalue weighted by Gasteiger charge is 2.27. The van der Waals surface area contributed by atoms with E-state index in [0.717, 1.165) is 10.8 Å². The summed E-state index contributed by atoms with van der Waals surface area (Å²) in [5.74, 6) is -0.110. The predicted molar refractivity (Wildman–Crippen MR) is 73.2 cm³/mol. The number of carbonyl (C=O) groups excluding carboxylic acids is 2. The van der Waals surface area contributed by atoms with Gasteiger partial charge in [0.05, 0.1) is 6.42 Å². The van der Waals surface area contributed by atoms with E-state index >= 15 is 0 Å². The fourth-order valence-electron chi connectivity index (χ4n) is 2.04. The van der Waals surface area contributed by atoms with Crippen LogP contribution in [0.2, 0.25) is 0 Å². The Bertz CT molecular complexity index is 559. The summed E-state index contributed by atoms with van der Waals surface area (Å²) in [5.41, 5.74) is 1.16. The first-order chi connectivity index (χ1) is 8.67. The van der Waals surface area contributed by atoms with E-state index in [4.69, 9.17) is 0 Å². The number of rotatable bonds is 0. The van der Waals surface area contributed by atoms with E-state index in [9.17, 15) is 9.59 Å². The van der Waals surface area contributed by atoms with Crippen molar-refractivity contribution >= 4 is 22.3 Å². The van der Waals surface area contributed by atoms with E-state index in [1.165, 1.54) is 6.42 Å². The molecule has 0 fully saturated rings. The van der Waals surface area contributed by atoms with Crippen LogP contribution in [0.15, 0.2) is 36.4 Å². The van der Waals surface area contributed by atoms with Crippen molar-refractivity contribution in [2.24, 2.45) is 0 Å². The number of benzene rings is 2. The van der Waals surface area contributed by atoms with E-state index < -0.39 is 0 Å². The number of Topliss-reactive ketones (excluding diaryl/α,β-unsaturated/α-hetero) is 2. The third kappa shape index (κ3) is 2.19. The van der Waals surface area contributed by atoms with Gasteiger partial charge in [0.2, 0.25) is 0 Å². The van der Waals surface area contributed by atoms with Crippen LogP contribution in [0.4, 0.5) is 0 Å².